The second kappa shape index (κ2) is 6.27. The van der Waals surface area contributed by atoms with E-state index in [0.29, 0.717) is 0 Å². The van der Waals surface area contributed by atoms with Gasteiger partial charge in [0.05, 0.1) is 16.4 Å². The van der Waals surface area contributed by atoms with E-state index in [4.69, 9.17) is 17.3 Å². The molecule has 3 nitrogen and oxygen atoms in total. The van der Waals surface area contributed by atoms with Crippen LogP contribution in [0.15, 0.2) is 0 Å². The standard InChI is InChI=1S/C15H26ClN3/c1-12-14(16)13(19(2)18-12)10-15(11-17)8-6-4-3-5-7-9-15/h3-11,17H2,1-2H3. The molecule has 1 aliphatic rings. The maximum absolute atomic E-state index is 6.40. The van der Waals surface area contributed by atoms with Crippen LogP contribution >= 0.6 is 11.6 Å². The van der Waals surface area contributed by atoms with Crippen LogP contribution in [0.25, 0.3) is 0 Å². The van der Waals surface area contributed by atoms with E-state index in [1.54, 1.807) is 0 Å². The van der Waals surface area contributed by atoms with Gasteiger partial charge in [-0.3, -0.25) is 4.68 Å². The number of nitrogens with two attached hydrogens (primary N) is 1. The molecule has 1 saturated carbocycles. The molecule has 0 aliphatic heterocycles. The van der Waals surface area contributed by atoms with Gasteiger partial charge in [0, 0.05) is 7.05 Å². The summed E-state index contributed by atoms with van der Waals surface area (Å²) < 4.78 is 1.94. The molecule has 4 heteroatoms. The lowest BCUT2D eigenvalue weighted by Crippen LogP contribution is -2.34. The van der Waals surface area contributed by atoms with E-state index >= 15 is 0 Å². The maximum Gasteiger partial charge on any atom is 0.0847 e. The van der Waals surface area contributed by atoms with Crippen LogP contribution in [0, 0.1) is 12.3 Å². The molecule has 1 fully saturated rings. The van der Waals surface area contributed by atoms with Crippen LogP contribution in [0.4, 0.5) is 0 Å². The topological polar surface area (TPSA) is 43.8 Å². The Kier molecular flexibility index (Phi) is 4.91. The first-order valence-electron chi connectivity index (χ1n) is 7.46. The minimum atomic E-state index is 0.226. The van der Waals surface area contributed by atoms with E-state index in [1.165, 1.54) is 44.9 Å². The van der Waals surface area contributed by atoms with Gasteiger partial charge in [0.25, 0.3) is 0 Å². The van der Waals surface area contributed by atoms with Crippen molar-refractivity contribution >= 4 is 11.6 Å². The van der Waals surface area contributed by atoms with Crippen LogP contribution < -0.4 is 5.73 Å². The molecular weight excluding hydrogens is 258 g/mol. The number of rotatable bonds is 3. The van der Waals surface area contributed by atoms with Crippen molar-refractivity contribution in [1.82, 2.24) is 9.78 Å². The van der Waals surface area contributed by atoms with Crippen LogP contribution in [0.5, 0.6) is 0 Å². The van der Waals surface area contributed by atoms with E-state index in [1.807, 2.05) is 18.7 Å². The van der Waals surface area contributed by atoms with Crippen LogP contribution in [-0.2, 0) is 13.5 Å². The first-order chi connectivity index (χ1) is 9.08. The summed E-state index contributed by atoms with van der Waals surface area (Å²) in [5.74, 6) is 0. The number of nitrogens with zero attached hydrogens (tertiary/aromatic N) is 2. The number of aryl methyl sites for hydroxylation is 2. The van der Waals surface area contributed by atoms with Gasteiger partial charge in [-0.25, -0.2) is 0 Å². The molecule has 1 aliphatic carbocycles. The van der Waals surface area contributed by atoms with E-state index < -0.39 is 0 Å². The lowest BCUT2D eigenvalue weighted by molar-refractivity contribution is 0.213. The average Bonchev–Trinajstić information content (AvgIpc) is 2.59. The summed E-state index contributed by atoms with van der Waals surface area (Å²) >= 11 is 6.40. The zero-order valence-electron chi connectivity index (χ0n) is 12.2. The Morgan fingerprint density at radius 1 is 1.21 bits per heavy atom. The van der Waals surface area contributed by atoms with Crippen LogP contribution in [0.3, 0.4) is 0 Å². The van der Waals surface area contributed by atoms with Crippen LogP contribution in [0.1, 0.15) is 56.3 Å². The zero-order chi connectivity index (χ0) is 13.9. The van der Waals surface area contributed by atoms with Crippen molar-refractivity contribution in [2.24, 2.45) is 18.2 Å². The predicted molar refractivity (Wildman–Crippen MR) is 80.5 cm³/mol. The van der Waals surface area contributed by atoms with Crippen LogP contribution in [-0.4, -0.2) is 16.3 Å². The lowest BCUT2D eigenvalue weighted by atomic mass is 9.73. The normalized spacial score (nSPS) is 20.0. The molecule has 0 saturated heterocycles. The number of halogens is 1. The SMILES string of the molecule is Cc1nn(C)c(CC2(CN)CCCCCCC2)c1Cl. The Bertz CT molecular complexity index is 417. The predicted octanol–water partition coefficient (Wildman–Crippen LogP) is 3.61. The summed E-state index contributed by atoms with van der Waals surface area (Å²) in [6.45, 7) is 2.73. The monoisotopic (exact) mass is 283 g/mol. The third-order valence-electron chi connectivity index (χ3n) is 4.65. The second-order valence-corrected chi connectivity index (χ2v) is 6.50. The Balaban J connectivity index is 2.20. The highest BCUT2D eigenvalue weighted by Gasteiger charge is 2.31. The van der Waals surface area contributed by atoms with E-state index in [9.17, 15) is 0 Å². The highest BCUT2D eigenvalue weighted by molar-refractivity contribution is 6.31. The molecule has 1 heterocycles. The summed E-state index contributed by atoms with van der Waals surface area (Å²) in [7, 11) is 1.99. The van der Waals surface area contributed by atoms with E-state index in [2.05, 4.69) is 5.10 Å². The van der Waals surface area contributed by atoms with Crippen molar-refractivity contribution in [3.8, 4) is 0 Å². The summed E-state index contributed by atoms with van der Waals surface area (Å²) in [5, 5.41) is 5.26. The van der Waals surface area contributed by atoms with Crippen molar-refractivity contribution in [2.45, 2.75) is 58.3 Å². The molecule has 2 N–H and O–H groups in total. The molecule has 0 unspecified atom stereocenters. The summed E-state index contributed by atoms with van der Waals surface area (Å²) in [6.07, 6.45) is 10.1. The van der Waals surface area contributed by atoms with Crippen LogP contribution in [0.2, 0.25) is 5.02 Å². The molecule has 0 spiro atoms. The Morgan fingerprint density at radius 2 is 1.79 bits per heavy atom. The smallest absolute Gasteiger partial charge is 0.0847 e. The van der Waals surface area contributed by atoms with E-state index in [-0.39, 0.29) is 5.41 Å². The molecule has 1 aromatic heterocycles. The fraction of sp³-hybridized carbons (Fsp3) is 0.800. The number of hydrogen-bond acceptors (Lipinski definition) is 2. The average molecular weight is 284 g/mol. The molecule has 1 aromatic rings. The quantitative estimate of drug-likeness (QED) is 0.921. The molecule has 108 valence electrons. The number of aromatic nitrogens is 2. The Labute approximate surface area is 121 Å². The molecule has 0 amide bonds. The van der Waals surface area contributed by atoms with Gasteiger partial charge in [-0.15, -0.1) is 0 Å². The minimum Gasteiger partial charge on any atom is -0.330 e. The Hall–Kier alpha value is -0.540. The largest absolute Gasteiger partial charge is 0.330 e. The van der Waals surface area contributed by atoms with Crippen molar-refractivity contribution in [3.05, 3.63) is 16.4 Å². The molecule has 0 atom stereocenters. The van der Waals surface area contributed by atoms with Gasteiger partial charge >= 0.3 is 0 Å². The highest BCUT2D eigenvalue weighted by atomic mass is 35.5. The van der Waals surface area contributed by atoms with Crippen molar-refractivity contribution in [1.29, 1.82) is 0 Å². The van der Waals surface area contributed by atoms with Gasteiger partial charge in [-0.2, -0.15) is 5.10 Å². The summed E-state index contributed by atoms with van der Waals surface area (Å²) in [5.41, 5.74) is 8.45. The van der Waals surface area contributed by atoms with Gasteiger partial charge in [0.1, 0.15) is 0 Å². The van der Waals surface area contributed by atoms with Gasteiger partial charge in [-0.05, 0) is 38.1 Å². The third kappa shape index (κ3) is 3.32. The minimum absolute atomic E-state index is 0.226. The fourth-order valence-corrected chi connectivity index (χ4v) is 3.56. The first-order valence-corrected chi connectivity index (χ1v) is 7.84. The molecular formula is C15H26ClN3. The van der Waals surface area contributed by atoms with Crippen molar-refractivity contribution in [3.63, 3.8) is 0 Å². The van der Waals surface area contributed by atoms with E-state index in [0.717, 1.165) is 29.4 Å². The zero-order valence-corrected chi connectivity index (χ0v) is 13.0. The van der Waals surface area contributed by atoms with Gasteiger partial charge in [0.2, 0.25) is 0 Å². The van der Waals surface area contributed by atoms with Gasteiger partial charge in [0.15, 0.2) is 0 Å². The molecule has 2 rings (SSSR count). The third-order valence-corrected chi connectivity index (χ3v) is 5.14. The molecule has 19 heavy (non-hydrogen) atoms. The first kappa shape index (κ1) is 14.9. The number of hydrogen-bond donors (Lipinski definition) is 1. The maximum atomic E-state index is 6.40. The van der Waals surface area contributed by atoms with Crippen molar-refractivity contribution in [2.75, 3.05) is 6.54 Å². The van der Waals surface area contributed by atoms with Gasteiger partial charge in [-0.1, -0.05) is 43.7 Å². The Morgan fingerprint density at radius 3 is 2.26 bits per heavy atom. The van der Waals surface area contributed by atoms with Crippen molar-refractivity contribution < 1.29 is 0 Å². The van der Waals surface area contributed by atoms with Gasteiger partial charge < -0.3 is 5.73 Å². The lowest BCUT2D eigenvalue weighted by Gasteiger charge is -2.34. The summed E-state index contributed by atoms with van der Waals surface area (Å²) in [6, 6.07) is 0. The summed E-state index contributed by atoms with van der Waals surface area (Å²) in [4.78, 5) is 0. The molecule has 0 radical (unpaired) electrons. The second-order valence-electron chi connectivity index (χ2n) is 6.12. The fourth-order valence-electron chi connectivity index (χ4n) is 3.34. The highest BCUT2D eigenvalue weighted by Crippen LogP contribution is 2.38. The molecule has 0 aromatic carbocycles. The molecule has 0 bridgehead atoms.